The van der Waals surface area contributed by atoms with E-state index in [2.05, 4.69) is 0 Å². The molecule has 0 N–H and O–H groups in total. The van der Waals surface area contributed by atoms with E-state index in [-0.39, 0.29) is 0 Å². The molecule has 111 valence electrons. The van der Waals surface area contributed by atoms with Crippen molar-refractivity contribution in [1.82, 2.24) is 0 Å². The highest BCUT2D eigenvalue weighted by atomic mass is 19.4. The van der Waals surface area contributed by atoms with E-state index in [4.69, 9.17) is 0 Å². The van der Waals surface area contributed by atoms with Gasteiger partial charge in [-0.15, -0.1) is 0 Å². The summed E-state index contributed by atoms with van der Waals surface area (Å²) in [6.07, 6.45) is -1.00. The molecule has 0 amide bonds. The lowest BCUT2D eigenvalue weighted by Gasteiger charge is -2.50. The minimum atomic E-state index is -7.29. The van der Waals surface area contributed by atoms with Gasteiger partial charge in [-0.05, 0) is 0 Å². The molecule has 0 saturated heterocycles. The number of halogens is 11. The third kappa shape index (κ3) is 1.20. The minimum absolute atomic E-state index is 1.00. The van der Waals surface area contributed by atoms with Gasteiger partial charge in [-0.1, -0.05) is 0 Å². The number of carbonyl (C=O) groups excluding carboxylic acids is 1. The second-order valence-corrected chi connectivity index (χ2v) is 3.63. The predicted octanol–water partition coefficient (Wildman–Crippen LogP) is 2.99. The quantitative estimate of drug-likeness (QED) is 0.681. The highest BCUT2D eigenvalue weighted by Crippen LogP contribution is 2.68. The molecule has 0 unspecified atom stereocenters. The second-order valence-electron chi connectivity index (χ2n) is 3.63. The zero-order chi connectivity index (χ0) is 15.7. The molecule has 1 fully saturated rings. The van der Waals surface area contributed by atoms with Gasteiger partial charge in [-0.25, -0.2) is 4.39 Å². The van der Waals surface area contributed by atoms with Crippen molar-refractivity contribution in [3.63, 3.8) is 0 Å². The van der Waals surface area contributed by atoms with Gasteiger partial charge in [0, 0.05) is 0 Å². The molecule has 0 atom stereocenters. The Bertz CT molecular complexity index is 381. The van der Waals surface area contributed by atoms with Crippen molar-refractivity contribution in [3.8, 4) is 0 Å². The van der Waals surface area contributed by atoms with Crippen LogP contribution in [-0.4, -0.2) is 41.6 Å². The number of hydrogen-bond donors (Lipinski definition) is 0. The van der Waals surface area contributed by atoms with Crippen LogP contribution in [-0.2, 0) is 4.79 Å². The smallest absolute Gasteiger partial charge is 0.287 e. The molecule has 12 heteroatoms. The van der Waals surface area contributed by atoms with Gasteiger partial charge in [0.1, 0.15) is 0 Å². The summed E-state index contributed by atoms with van der Waals surface area (Å²) in [7, 11) is 0. The highest BCUT2D eigenvalue weighted by Gasteiger charge is 3.01. The fourth-order valence-electron chi connectivity index (χ4n) is 1.35. The molecule has 0 bridgehead atoms. The van der Waals surface area contributed by atoms with Crippen molar-refractivity contribution in [2.75, 3.05) is 0 Å². The molecule has 0 aromatic rings. The maximum absolute atomic E-state index is 13.0. The molecule has 0 aromatic heterocycles. The Kier molecular flexibility index (Phi) is 2.78. The predicted molar refractivity (Wildman–Crippen MR) is 34.3 cm³/mol. The lowest BCUT2D eigenvalue weighted by molar-refractivity contribution is -0.472. The first-order chi connectivity index (χ1) is 8.06. The molecule has 1 aliphatic rings. The van der Waals surface area contributed by atoms with Crippen LogP contribution in [0.3, 0.4) is 0 Å². The fourth-order valence-corrected chi connectivity index (χ4v) is 1.35. The lowest BCUT2D eigenvalue weighted by atomic mass is 9.73. The molecule has 19 heavy (non-hydrogen) atoms. The van der Waals surface area contributed by atoms with E-state index in [0.717, 1.165) is 0 Å². The number of hydrogen-bond acceptors (Lipinski definition) is 1. The van der Waals surface area contributed by atoms with Crippen molar-refractivity contribution in [2.24, 2.45) is 0 Å². The summed E-state index contributed by atoms with van der Waals surface area (Å²) in [6.45, 7) is 0. The molecular weight excluding hydrogens is 309 g/mol. The molecule has 0 spiro atoms. The topological polar surface area (TPSA) is 17.1 Å². The van der Waals surface area contributed by atoms with Crippen LogP contribution in [0.1, 0.15) is 0 Å². The van der Waals surface area contributed by atoms with E-state index in [1.165, 1.54) is 0 Å². The monoisotopic (exact) mass is 309 g/mol. The summed E-state index contributed by atoms with van der Waals surface area (Å²) >= 11 is 0. The standard InChI is InChI=1S/C7F11O/c8-2(1-19)3(9,10)5(13,14)7(17,18)6(15,16)4(2,11)12. The van der Waals surface area contributed by atoms with Crippen LogP contribution in [0.15, 0.2) is 0 Å². The van der Waals surface area contributed by atoms with Crippen molar-refractivity contribution in [3.05, 3.63) is 0 Å². The maximum atomic E-state index is 13.0. The average Bonchev–Trinajstić information content (AvgIpc) is 2.24. The van der Waals surface area contributed by atoms with Crippen LogP contribution in [0.25, 0.3) is 0 Å². The molecule has 0 aliphatic heterocycles. The maximum Gasteiger partial charge on any atom is 0.384 e. The van der Waals surface area contributed by atoms with Gasteiger partial charge in [-0.2, -0.15) is 43.9 Å². The highest BCUT2D eigenvalue weighted by molar-refractivity contribution is 5.69. The van der Waals surface area contributed by atoms with Gasteiger partial charge < -0.3 is 0 Å². The van der Waals surface area contributed by atoms with Gasteiger partial charge in [0.05, 0.1) is 0 Å². The van der Waals surface area contributed by atoms with Crippen molar-refractivity contribution < 1.29 is 53.1 Å². The fraction of sp³-hybridized carbons (Fsp3) is 0.857. The van der Waals surface area contributed by atoms with Crippen LogP contribution < -0.4 is 0 Å². The van der Waals surface area contributed by atoms with E-state index in [1.807, 2.05) is 0 Å². The Hall–Kier alpha value is -1.10. The Morgan fingerprint density at radius 3 is 0.895 bits per heavy atom. The first-order valence-electron chi connectivity index (χ1n) is 4.03. The van der Waals surface area contributed by atoms with E-state index >= 15 is 0 Å². The minimum Gasteiger partial charge on any atom is -0.287 e. The van der Waals surface area contributed by atoms with Gasteiger partial charge >= 0.3 is 35.3 Å². The summed E-state index contributed by atoms with van der Waals surface area (Å²) in [5.41, 5.74) is -6.62. The van der Waals surface area contributed by atoms with E-state index in [0.29, 0.717) is 0 Å². The van der Waals surface area contributed by atoms with E-state index < -0.39 is 41.6 Å². The molecule has 1 radical (unpaired) electrons. The third-order valence-electron chi connectivity index (χ3n) is 2.58. The normalized spacial score (nSPS) is 32.6. The molecule has 0 aromatic carbocycles. The number of alkyl halides is 11. The van der Waals surface area contributed by atoms with Crippen LogP contribution in [0, 0.1) is 0 Å². The van der Waals surface area contributed by atoms with Crippen LogP contribution >= 0.6 is 0 Å². The van der Waals surface area contributed by atoms with Gasteiger partial charge in [0.25, 0.3) is 6.29 Å². The summed E-state index contributed by atoms with van der Waals surface area (Å²) in [4.78, 5) is 9.73. The van der Waals surface area contributed by atoms with Crippen molar-refractivity contribution in [1.29, 1.82) is 0 Å². The molecule has 1 nitrogen and oxygen atoms in total. The van der Waals surface area contributed by atoms with Crippen molar-refractivity contribution in [2.45, 2.75) is 35.3 Å². The molecule has 1 aliphatic carbocycles. The molecule has 1 rings (SSSR count). The zero-order valence-electron chi connectivity index (χ0n) is 8.07. The third-order valence-corrected chi connectivity index (χ3v) is 2.58. The summed E-state index contributed by atoms with van der Waals surface area (Å²) in [5.74, 6) is -36.0. The Balaban J connectivity index is 3.81. The van der Waals surface area contributed by atoms with E-state index in [9.17, 15) is 53.1 Å². The van der Waals surface area contributed by atoms with Crippen LogP contribution in [0.4, 0.5) is 48.3 Å². The molecule has 0 heterocycles. The first-order valence-corrected chi connectivity index (χ1v) is 4.03. The first kappa shape index (κ1) is 16.0. The Morgan fingerprint density at radius 2 is 0.684 bits per heavy atom. The largest absolute Gasteiger partial charge is 0.384 e. The zero-order valence-corrected chi connectivity index (χ0v) is 8.07. The summed E-state index contributed by atoms with van der Waals surface area (Å²) < 4.78 is 139. The van der Waals surface area contributed by atoms with Crippen molar-refractivity contribution >= 4 is 6.29 Å². The SMILES string of the molecule is O=[C]C1(F)C(F)(F)C(F)(F)C(F)(F)C(F)(F)C1(F)F. The average molecular weight is 309 g/mol. The Labute approximate surface area is 95.9 Å². The van der Waals surface area contributed by atoms with Gasteiger partial charge in [0.2, 0.25) is 0 Å². The van der Waals surface area contributed by atoms with Crippen LogP contribution in [0.5, 0.6) is 0 Å². The summed E-state index contributed by atoms with van der Waals surface area (Å²) in [6, 6.07) is 0. The van der Waals surface area contributed by atoms with E-state index in [1.54, 1.807) is 0 Å². The lowest BCUT2D eigenvalue weighted by Crippen LogP contribution is -2.84. The van der Waals surface area contributed by atoms with Crippen LogP contribution in [0.2, 0.25) is 0 Å². The Morgan fingerprint density at radius 1 is 0.474 bits per heavy atom. The number of rotatable bonds is 1. The second kappa shape index (κ2) is 3.32. The van der Waals surface area contributed by atoms with Gasteiger partial charge in [-0.3, -0.25) is 4.79 Å². The molecule has 1 saturated carbocycles. The molecular formula is C7F11O. The summed E-state index contributed by atoms with van der Waals surface area (Å²) in [5, 5.41) is 0. The van der Waals surface area contributed by atoms with Gasteiger partial charge in [0.15, 0.2) is 0 Å².